The van der Waals surface area contributed by atoms with Crippen molar-refractivity contribution in [1.82, 2.24) is 5.32 Å². The zero-order chi connectivity index (χ0) is 11.1. The minimum absolute atomic E-state index is 0.309. The van der Waals surface area contributed by atoms with Crippen molar-refractivity contribution < 1.29 is 14.6 Å². The van der Waals surface area contributed by atoms with Crippen molar-refractivity contribution in [3.05, 3.63) is 0 Å². The zero-order valence-corrected chi connectivity index (χ0v) is 9.74. The number of hydrogen-bond donors (Lipinski definition) is 2. The van der Waals surface area contributed by atoms with Gasteiger partial charge in [-0.3, -0.25) is 0 Å². The van der Waals surface area contributed by atoms with E-state index in [1.54, 1.807) is 0 Å². The summed E-state index contributed by atoms with van der Waals surface area (Å²) in [5, 5.41) is 12.8. The molecule has 0 aliphatic carbocycles. The molecule has 1 heterocycles. The van der Waals surface area contributed by atoms with Crippen LogP contribution in [0.2, 0.25) is 0 Å². The fourth-order valence-corrected chi connectivity index (χ4v) is 1.76. The van der Waals surface area contributed by atoms with Crippen molar-refractivity contribution >= 4 is 0 Å². The van der Waals surface area contributed by atoms with Gasteiger partial charge in [0.2, 0.25) is 0 Å². The summed E-state index contributed by atoms with van der Waals surface area (Å²) in [6.07, 6.45) is 2.16. The molecule has 0 aromatic carbocycles. The summed E-state index contributed by atoms with van der Waals surface area (Å²) in [5.74, 6) is 0. The Hall–Kier alpha value is -0.160. The summed E-state index contributed by atoms with van der Waals surface area (Å²) in [6.45, 7) is 6.53. The fraction of sp³-hybridized carbons (Fsp3) is 1.00. The highest BCUT2D eigenvalue weighted by atomic mass is 16.5. The van der Waals surface area contributed by atoms with Crippen LogP contribution < -0.4 is 5.32 Å². The van der Waals surface area contributed by atoms with Gasteiger partial charge in [0, 0.05) is 25.8 Å². The van der Waals surface area contributed by atoms with E-state index in [2.05, 4.69) is 12.2 Å². The number of aliphatic hydroxyl groups is 1. The molecule has 1 saturated heterocycles. The zero-order valence-electron chi connectivity index (χ0n) is 9.74. The van der Waals surface area contributed by atoms with E-state index in [-0.39, 0.29) is 0 Å². The molecule has 15 heavy (non-hydrogen) atoms. The Morgan fingerprint density at radius 2 is 2.40 bits per heavy atom. The average Bonchev–Trinajstić information content (AvgIpc) is 2.76. The third kappa shape index (κ3) is 4.93. The maximum Gasteiger partial charge on any atom is 0.0897 e. The van der Waals surface area contributed by atoms with Crippen molar-refractivity contribution in [3.63, 3.8) is 0 Å². The average molecular weight is 217 g/mol. The molecule has 0 spiro atoms. The smallest absolute Gasteiger partial charge is 0.0897 e. The first kappa shape index (κ1) is 12.9. The largest absolute Gasteiger partial charge is 0.389 e. The first-order valence-electron chi connectivity index (χ1n) is 5.84. The van der Waals surface area contributed by atoms with Gasteiger partial charge in [0.05, 0.1) is 18.8 Å². The van der Waals surface area contributed by atoms with Crippen molar-refractivity contribution in [2.45, 2.75) is 44.9 Å². The number of ether oxygens (including phenoxy) is 2. The minimum atomic E-state index is -0.422. The second-order valence-corrected chi connectivity index (χ2v) is 4.06. The van der Waals surface area contributed by atoms with Gasteiger partial charge in [0.1, 0.15) is 0 Å². The first-order chi connectivity index (χ1) is 7.24. The first-order valence-corrected chi connectivity index (χ1v) is 5.84. The van der Waals surface area contributed by atoms with Crippen molar-refractivity contribution in [3.8, 4) is 0 Å². The van der Waals surface area contributed by atoms with Gasteiger partial charge in [-0.25, -0.2) is 0 Å². The van der Waals surface area contributed by atoms with Crippen molar-refractivity contribution in [2.75, 3.05) is 26.4 Å². The summed E-state index contributed by atoms with van der Waals surface area (Å²) < 4.78 is 10.7. The molecule has 1 fully saturated rings. The van der Waals surface area contributed by atoms with Crippen LogP contribution in [0, 0.1) is 0 Å². The van der Waals surface area contributed by atoms with Gasteiger partial charge in [-0.15, -0.1) is 0 Å². The highest BCUT2D eigenvalue weighted by Crippen LogP contribution is 2.15. The number of rotatable bonds is 7. The maximum atomic E-state index is 9.54. The van der Waals surface area contributed by atoms with Crippen LogP contribution in [0.3, 0.4) is 0 Å². The van der Waals surface area contributed by atoms with Crippen molar-refractivity contribution in [1.29, 1.82) is 0 Å². The Labute approximate surface area is 92.0 Å². The van der Waals surface area contributed by atoms with Gasteiger partial charge in [0.25, 0.3) is 0 Å². The lowest BCUT2D eigenvalue weighted by Crippen LogP contribution is -2.42. The molecular formula is C11H23NO3. The third-order valence-corrected chi connectivity index (χ3v) is 2.71. The van der Waals surface area contributed by atoms with Gasteiger partial charge in [-0.05, 0) is 26.7 Å². The lowest BCUT2D eigenvalue weighted by molar-refractivity contribution is 0.0340. The lowest BCUT2D eigenvalue weighted by Gasteiger charge is -2.21. The van der Waals surface area contributed by atoms with Crippen LogP contribution in [0.4, 0.5) is 0 Å². The summed E-state index contributed by atoms with van der Waals surface area (Å²) in [7, 11) is 0. The quantitative estimate of drug-likeness (QED) is 0.653. The standard InChI is InChI=1S/C11H23NO3/c1-3-14-8-10(13)7-12-9(2)11-5-4-6-15-11/h9-13H,3-8H2,1-2H3. The highest BCUT2D eigenvalue weighted by molar-refractivity contribution is 4.77. The highest BCUT2D eigenvalue weighted by Gasteiger charge is 2.22. The molecule has 90 valence electrons. The molecule has 1 rings (SSSR count). The molecule has 0 radical (unpaired) electrons. The van der Waals surface area contributed by atoms with E-state index < -0.39 is 6.10 Å². The number of nitrogens with one attached hydrogen (secondary N) is 1. The van der Waals surface area contributed by atoms with Crippen LogP contribution in [0.1, 0.15) is 26.7 Å². The van der Waals surface area contributed by atoms with Crippen LogP contribution in [-0.2, 0) is 9.47 Å². The molecule has 4 nitrogen and oxygen atoms in total. The van der Waals surface area contributed by atoms with Gasteiger partial charge < -0.3 is 19.9 Å². The van der Waals surface area contributed by atoms with Gasteiger partial charge >= 0.3 is 0 Å². The molecule has 4 heteroatoms. The normalized spacial score (nSPS) is 25.4. The van der Waals surface area contributed by atoms with Crippen LogP contribution in [0.15, 0.2) is 0 Å². The van der Waals surface area contributed by atoms with E-state index in [1.165, 1.54) is 0 Å². The molecule has 3 atom stereocenters. The molecule has 2 N–H and O–H groups in total. The minimum Gasteiger partial charge on any atom is -0.389 e. The fourth-order valence-electron chi connectivity index (χ4n) is 1.76. The SMILES string of the molecule is CCOCC(O)CNC(C)C1CCCO1. The van der Waals surface area contributed by atoms with E-state index in [4.69, 9.17) is 9.47 Å². The Bertz CT molecular complexity index is 160. The lowest BCUT2D eigenvalue weighted by atomic mass is 10.1. The Morgan fingerprint density at radius 3 is 3.00 bits per heavy atom. The van der Waals surface area contributed by atoms with E-state index in [1.807, 2.05) is 6.92 Å². The predicted octanol–water partition coefficient (Wildman–Crippen LogP) is 0.541. The van der Waals surface area contributed by atoms with E-state index in [0.717, 1.165) is 19.4 Å². The Balaban J connectivity index is 2.07. The molecule has 0 aromatic heterocycles. The predicted molar refractivity (Wildman–Crippen MR) is 58.9 cm³/mol. The molecule has 3 unspecified atom stereocenters. The monoisotopic (exact) mass is 217 g/mol. The molecule has 1 aliphatic heterocycles. The molecule has 0 amide bonds. The molecular weight excluding hydrogens is 194 g/mol. The Kier molecular flexibility index (Phi) is 6.17. The third-order valence-electron chi connectivity index (χ3n) is 2.71. The van der Waals surface area contributed by atoms with Crippen molar-refractivity contribution in [2.24, 2.45) is 0 Å². The second kappa shape index (κ2) is 7.17. The summed E-state index contributed by atoms with van der Waals surface area (Å²) in [6, 6.07) is 0.309. The molecule has 0 saturated carbocycles. The van der Waals surface area contributed by atoms with Gasteiger partial charge in [-0.1, -0.05) is 0 Å². The van der Waals surface area contributed by atoms with E-state index in [0.29, 0.717) is 31.9 Å². The van der Waals surface area contributed by atoms with Crippen LogP contribution >= 0.6 is 0 Å². The van der Waals surface area contributed by atoms with Crippen LogP contribution in [-0.4, -0.2) is 49.7 Å². The summed E-state index contributed by atoms with van der Waals surface area (Å²) in [5.41, 5.74) is 0. The molecule has 1 aliphatic rings. The van der Waals surface area contributed by atoms with E-state index in [9.17, 15) is 5.11 Å². The van der Waals surface area contributed by atoms with Gasteiger partial charge in [-0.2, -0.15) is 0 Å². The number of hydrogen-bond acceptors (Lipinski definition) is 4. The summed E-state index contributed by atoms with van der Waals surface area (Å²) in [4.78, 5) is 0. The molecule has 0 aromatic rings. The maximum absolute atomic E-state index is 9.54. The second-order valence-electron chi connectivity index (χ2n) is 4.06. The van der Waals surface area contributed by atoms with E-state index >= 15 is 0 Å². The summed E-state index contributed by atoms with van der Waals surface area (Å²) >= 11 is 0. The Morgan fingerprint density at radius 1 is 1.60 bits per heavy atom. The number of aliphatic hydroxyl groups excluding tert-OH is 1. The van der Waals surface area contributed by atoms with Gasteiger partial charge in [0.15, 0.2) is 0 Å². The topological polar surface area (TPSA) is 50.7 Å². The van der Waals surface area contributed by atoms with Crippen LogP contribution in [0.5, 0.6) is 0 Å². The molecule has 0 bridgehead atoms. The van der Waals surface area contributed by atoms with Crippen LogP contribution in [0.25, 0.3) is 0 Å².